The number of carbonyl (C=O) groups excluding carboxylic acids is 2. The Morgan fingerprint density at radius 2 is 1.83 bits per heavy atom. The van der Waals surface area contributed by atoms with Gasteiger partial charge in [-0.3, -0.25) is 14.5 Å². The van der Waals surface area contributed by atoms with Crippen LogP contribution in [0.5, 0.6) is 0 Å². The van der Waals surface area contributed by atoms with Crippen LogP contribution >= 0.6 is 11.8 Å². The number of benzene rings is 1. The van der Waals surface area contributed by atoms with Crippen LogP contribution in [-0.4, -0.2) is 22.6 Å². The van der Waals surface area contributed by atoms with E-state index in [1.165, 1.54) is 23.5 Å². The van der Waals surface area contributed by atoms with E-state index in [2.05, 4.69) is 6.92 Å². The molecule has 1 aliphatic heterocycles. The van der Waals surface area contributed by atoms with Gasteiger partial charge < -0.3 is 0 Å². The number of thioether (sulfide) groups is 1. The van der Waals surface area contributed by atoms with Gasteiger partial charge in [-0.1, -0.05) is 38.3 Å². The Kier molecular flexibility index (Phi) is 4.57. The lowest BCUT2D eigenvalue weighted by Gasteiger charge is -2.35. The first kappa shape index (κ1) is 16.2. The van der Waals surface area contributed by atoms with Gasteiger partial charge in [0.2, 0.25) is 0 Å². The van der Waals surface area contributed by atoms with Crippen LogP contribution in [0.3, 0.4) is 0 Å². The molecular weight excluding hydrogens is 313 g/mol. The highest BCUT2D eigenvalue weighted by Gasteiger charge is 2.40. The Balaban J connectivity index is 1.75. The molecule has 0 unspecified atom stereocenters. The largest absolute Gasteiger partial charge is 0.293 e. The van der Waals surface area contributed by atoms with Crippen LogP contribution in [0, 0.1) is 11.2 Å². The first-order chi connectivity index (χ1) is 11.0. The van der Waals surface area contributed by atoms with Crippen LogP contribution in [0.4, 0.5) is 9.18 Å². The zero-order valence-electron chi connectivity index (χ0n) is 13.2. The summed E-state index contributed by atoms with van der Waals surface area (Å²) in [5, 5.41) is -0.199. The molecule has 1 heterocycles. The lowest BCUT2D eigenvalue weighted by Crippen LogP contribution is -2.39. The minimum absolute atomic E-state index is 0.0372. The number of hydrogen-bond donors (Lipinski definition) is 0. The monoisotopic (exact) mass is 333 g/mol. The number of amides is 2. The molecule has 1 saturated heterocycles. The smallest absolute Gasteiger partial charge is 0.268 e. The highest BCUT2D eigenvalue weighted by Crippen LogP contribution is 2.40. The summed E-state index contributed by atoms with van der Waals surface area (Å²) in [6, 6.07) is 5.90. The minimum atomic E-state index is -0.319. The van der Waals surface area contributed by atoms with Crippen LogP contribution in [0.15, 0.2) is 29.2 Å². The van der Waals surface area contributed by atoms with Gasteiger partial charge in [-0.05, 0) is 53.8 Å². The highest BCUT2D eigenvalue weighted by atomic mass is 32.2. The van der Waals surface area contributed by atoms with Crippen molar-refractivity contribution in [1.82, 2.24) is 4.90 Å². The third-order valence-corrected chi connectivity index (χ3v) is 5.55. The lowest BCUT2D eigenvalue weighted by molar-refractivity contribution is -0.124. The van der Waals surface area contributed by atoms with Crippen LogP contribution < -0.4 is 0 Å². The second kappa shape index (κ2) is 6.48. The molecule has 2 aliphatic rings. The number of rotatable bonds is 3. The van der Waals surface area contributed by atoms with Crippen molar-refractivity contribution in [2.75, 3.05) is 6.54 Å². The van der Waals surface area contributed by atoms with Crippen molar-refractivity contribution in [2.24, 2.45) is 5.41 Å². The van der Waals surface area contributed by atoms with Crippen molar-refractivity contribution in [2.45, 2.75) is 39.0 Å². The first-order valence-corrected chi connectivity index (χ1v) is 8.79. The average molecular weight is 333 g/mol. The minimum Gasteiger partial charge on any atom is -0.268 e. The molecule has 1 aromatic carbocycles. The van der Waals surface area contributed by atoms with E-state index in [-0.39, 0.29) is 22.4 Å². The quantitative estimate of drug-likeness (QED) is 0.743. The summed E-state index contributed by atoms with van der Waals surface area (Å²) in [5.74, 6) is -0.545. The molecule has 23 heavy (non-hydrogen) atoms. The van der Waals surface area contributed by atoms with Crippen molar-refractivity contribution in [3.8, 4) is 0 Å². The Morgan fingerprint density at radius 1 is 1.17 bits per heavy atom. The fraction of sp³-hybridized carbons (Fsp3) is 0.444. The van der Waals surface area contributed by atoms with Crippen molar-refractivity contribution in [3.05, 3.63) is 40.6 Å². The lowest BCUT2D eigenvalue weighted by atomic mass is 9.75. The fourth-order valence-electron chi connectivity index (χ4n) is 3.29. The summed E-state index contributed by atoms with van der Waals surface area (Å²) < 4.78 is 12.9. The summed E-state index contributed by atoms with van der Waals surface area (Å²) in [6.45, 7) is 2.66. The molecule has 0 spiro atoms. The van der Waals surface area contributed by atoms with Gasteiger partial charge in [-0.2, -0.15) is 0 Å². The first-order valence-electron chi connectivity index (χ1n) is 7.98. The third kappa shape index (κ3) is 3.66. The number of halogens is 1. The number of carbonyl (C=O) groups is 2. The van der Waals surface area contributed by atoms with Gasteiger partial charge in [-0.25, -0.2) is 4.39 Å². The Hall–Kier alpha value is -1.62. The predicted molar refractivity (Wildman–Crippen MR) is 90.3 cm³/mol. The van der Waals surface area contributed by atoms with E-state index in [9.17, 15) is 14.0 Å². The molecule has 1 aromatic rings. The molecule has 2 amide bonds. The number of hydrogen-bond acceptors (Lipinski definition) is 3. The number of nitrogens with zero attached hydrogens (tertiary/aromatic N) is 1. The van der Waals surface area contributed by atoms with Gasteiger partial charge in [0.05, 0.1) is 4.91 Å². The van der Waals surface area contributed by atoms with E-state index in [1.807, 2.05) is 0 Å². The second-order valence-electron chi connectivity index (χ2n) is 6.69. The standard InChI is InChI=1S/C18H20FNO2S/c1-18(9-3-2-4-10-18)12-20-16(21)15(23-17(20)22)11-13-5-7-14(19)8-6-13/h5-8,11H,2-4,9-10,12H2,1H3/b15-11-. The van der Waals surface area contributed by atoms with Gasteiger partial charge in [0, 0.05) is 6.54 Å². The zero-order chi connectivity index (χ0) is 16.4. The molecule has 0 N–H and O–H groups in total. The zero-order valence-corrected chi connectivity index (χ0v) is 14.0. The number of imide groups is 1. The maximum absolute atomic E-state index is 12.9. The van der Waals surface area contributed by atoms with Crippen LogP contribution in [0.25, 0.3) is 6.08 Å². The third-order valence-electron chi connectivity index (χ3n) is 4.64. The molecule has 5 heteroatoms. The molecule has 0 atom stereocenters. The van der Waals surface area contributed by atoms with Crippen LogP contribution in [-0.2, 0) is 4.79 Å². The van der Waals surface area contributed by atoms with Gasteiger partial charge in [-0.15, -0.1) is 0 Å². The van der Waals surface area contributed by atoms with E-state index >= 15 is 0 Å². The highest BCUT2D eigenvalue weighted by molar-refractivity contribution is 8.18. The van der Waals surface area contributed by atoms with Crippen molar-refractivity contribution >= 4 is 29.0 Å². The second-order valence-corrected chi connectivity index (χ2v) is 7.68. The summed E-state index contributed by atoms with van der Waals surface area (Å²) >= 11 is 0.973. The van der Waals surface area contributed by atoms with Crippen LogP contribution in [0.2, 0.25) is 0 Å². The summed E-state index contributed by atoms with van der Waals surface area (Å²) in [7, 11) is 0. The van der Waals surface area contributed by atoms with Gasteiger partial charge in [0.15, 0.2) is 0 Å². The molecule has 3 nitrogen and oxygen atoms in total. The van der Waals surface area contributed by atoms with Gasteiger partial charge >= 0.3 is 0 Å². The van der Waals surface area contributed by atoms with Crippen molar-refractivity contribution < 1.29 is 14.0 Å². The van der Waals surface area contributed by atoms with E-state index in [0.717, 1.165) is 43.0 Å². The fourth-order valence-corrected chi connectivity index (χ4v) is 4.13. The molecule has 1 aliphatic carbocycles. The summed E-state index contributed by atoms with van der Waals surface area (Å²) in [4.78, 5) is 26.6. The Morgan fingerprint density at radius 3 is 2.48 bits per heavy atom. The topological polar surface area (TPSA) is 37.4 Å². The maximum atomic E-state index is 12.9. The van der Waals surface area contributed by atoms with Gasteiger partial charge in [0.1, 0.15) is 5.82 Å². The summed E-state index contributed by atoms with van der Waals surface area (Å²) in [5.41, 5.74) is 0.760. The van der Waals surface area contributed by atoms with Gasteiger partial charge in [0.25, 0.3) is 11.1 Å². The van der Waals surface area contributed by atoms with E-state index in [4.69, 9.17) is 0 Å². The molecule has 0 radical (unpaired) electrons. The van der Waals surface area contributed by atoms with E-state index in [1.54, 1.807) is 18.2 Å². The predicted octanol–water partition coefficient (Wildman–Crippen LogP) is 4.83. The Bertz CT molecular complexity index is 647. The molecule has 0 aromatic heterocycles. The van der Waals surface area contributed by atoms with Crippen molar-refractivity contribution in [3.63, 3.8) is 0 Å². The maximum Gasteiger partial charge on any atom is 0.293 e. The van der Waals surface area contributed by atoms with Crippen LogP contribution in [0.1, 0.15) is 44.6 Å². The Labute approximate surface area is 139 Å². The molecule has 3 rings (SSSR count). The SMILES string of the molecule is CC1(CN2C(=O)S/C(=C\c3ccc(F)cc3)C2=O)CCCCC1. The summed E-state index contributed by atoms with van der Waals surface area (Å²) in [6.07, 6.45) is 7.35. The normalized spacial score (nSPS) is 22.9. The van der Waals surface area contributed by atoms with E-state index in [0.29, 0.717) is 11.4 Å². The van der Waals surface area contributed by atoms with E-state index < -0.39 is 0 Å². The molecule has 2 fully saturated rings. The molecule has 122 valence electrons. The molecule has 1 saturated carbocycles. The molecule has 0 bridgehead atoms. The molecular formula is C18H20FNO2S. The average Bonchev–Trinajstić information content (AvgIpc) is 2.78. The van der Waals surface area contributed by atoms with Crippen molar-refractivity contribution in [1.29, 1.82) is 0 Å².